The van der Waals surface area contributed by atoms with Crippen LogP contribution in [0.15, 0.2) is 28.4 Å². The molecule has 0 saturated heterocycles. The van der Waals surface area contributed by atoms with Crippen molar-refractivity contribution in [3.63, 3.8) is 0 Å². The maximum absolute atomic E-state index is 12.3. The van der Waals surface area contributed by atoms with Gasteiger partial charge in [0.25, 0.3) is 5.56 Å². The number of hydrogen-bond donors (Lipinski definition) is 1. The highest BCUT2D eigenvalue weighted by atomic mass is 35.5. The van der Waals surface area contributed by atoms with E-state index in [4.69, 9.17) is 23.8 Å². The molecule has 0 atom stereocenters. The van der Waals surface area contributed by atoms with Crippen LogP contribution in [0.4, 0.5) is 0 Å². The molecule has 0 fully saturated rings. The van der Waals surface area contributed by atoms with Crippen molar-refractivity contribution < 1.29 is 0 Å². The maximum atomic E-state index is 12.3. The third-order valence-electron chi connectivity index (χ3n) is 2.82. The van der Waals surface area contributed by atoms with Crippen molar-refractivity contribution in [2.45, 2.75) is 13.0 Å². The summed E-state index contributed by atoms with van der Waals surface area (Å²) in [5, 5.41) is 2.59. The van der Waals surface area contributed by atoms with E-state index in [-0.39, 0.29) is 5.56 Å². The Morgan fingerprint density at radius 3 is 2.95 bits per heavy atom. The second-order valence-corrected chi connectivity index (χ2v) is 7.11. The lowest BCUT2D eigenvalue weighted by Gasteiger charge is -2.05. The summed E-state index contributed by atoms with van der Waals surface area (Å²) >= 11 is 14.2. The fraction of sp³-hybridized carbons (Fsp3) is 0.167. The van der Waals surface area contributed by atoms with E-state index >= 15 is 0 Å². The predicted molar refractivity (Wildman–Crippen MR) is 84.3 cm³/mol. The van der Waals surface area contributed by atoms with Gasteiger partial charge < -0.3 is 4.98 Å². The number of nitrogens with one attached hydrogen (secondary N) is 1. The van der Waals surface area contributed by atoms with Crippen LogP contribution in [0.5, 0.6) is 0 Å². The number of fused-ring (bicyclic) bond motifs is 1. The highest BCUT2D eigenvalue weighted by molar-refractivity contribution is 7.71. The Bertz CT molecular complexity index is 842. The van der Waals surface area contributed by atoms with E-state index in [1.165, 1.54) is 22.7 Å². The molecule has 0 aliphatic rings. The maximum Gasteiger partial charge on any atom is 0.263 e. The Morgan fingerprint density at radius 1 is 1.37 bits per heavy atom. The zero-order valence-corrected chi connectivity index (χ0v) is 12.9. The van der Waals surface area contributed by atoms with E-state index in [0.717, 1.165) is 20.5 Å². The quantitative estimate of drug-likeness (QED) is 0.736. The highest BCUT2D eigenvalue weighted by Gasteiger charge is 2.07. The number of nitrogens with zero attached hydrogens (tertiary/aromatic N) is 1. The lowest BCUT2D eigenvalue weighted by atomic mass is 10.3. The average molecular weight is 329 g/mol. The second-order valence-electron chi connectivity index (χ2n) is 4.01. The Labute approximate surface area is 127 Å². The third-order valence-corrected chi connectivity index (χ3v) is 5.26. The van der Waals surface area contributed by atoms with Crippen LogP contribution in [-0.4, -0.2) is 9.55 Å². The van der Waals surface area contributed by atoms with Gasteiger partial charge >= 0.3 is 0 Å². The minimum atomic E-state index is -0.0253. The molecule has 0 bridgehead atoms. The molecular weight excluding hydrogens is 320 g/mol. The normalized spacial score (nSPS) is 11.2. The van der Waals surface area contributed by atoms with Crippen LogP contribution >= 0.6 is 46.5 Å². The minimum absolute atomic E-state index is 0.0253. The van der Waals surface area contributed by atoms with Crippen LogP contribution in [0, 0.1) is 4.77 Å². The SMILES string of the molecule is O=c1c2ccsc2[nH]c(=S)n1CCc1ccc(Cl)s1. The van der Waals surface area contributed by atoms with Gasteiger partial charge in [0.05, 0.1) is 9.72 Å². The number of rotatable bonds is 3. The van der Waals surface area contributed by atoms with E-state index in [1.807, 2.05) is 23.6 Å². The van der Waals surface area contributed by atoms with Crippen molar-refractivity contribution in [1.29, 1.82) is 0 Å². The van der Waals surface area contributed by atoms with Crippen molar-refractivity contribution in [3.8, 4) is 0 Å². The third kappa shape index (κ3) is 2.53. The molecule has 3 rings (SSSR count). The average Bonchev–Trinajstić information content (AvgIpc) is 2.98. The summed E-state index contributed by atoms with van der Waals surface area (Å²) in [6, 6.07) is 5.67. The van der Waals surface area contributed by atoms with Crippen LogP contribution < -0.4 is 5.56 Å². The Morgan fingerprint density at radius 2 is 2.21 bits per heavy atom. The predicted octanol–water partition coefficient (Wildman–Crippen LogP) is 4.08. The Balaban J connectivity index is 1.96. The first-order valence-electron chi connectivity index (χ1n) is 5.59. The number of halogens is 1. The number of aromatic nitrogens is 2. The highest BCUT2D eigenvalue weighted by Crippen LogP contribution is 2.22. The van der Waals surface area contributed by atoms with E-state index in [0.29, 0.717) is 16.7 Å². The number of thiophene rings is 2. The van der Waals surface area contributed by atoms with Gasteiger partial charge in [0, 0.05) is 11.4 Å². The lowest BCUT2D eigenvalue weighted by Crippen LogP contribution is -2.22. The van der Waals surface area contributed by atoms with Gasteiger partial charge in [0.2, 0.25) is 0 Å². The van der Waals surface area contributed by atoms with Crippen molar-refractivity contribution in [2.75, 3.05) is 0 Å². The summed E-state index contributed by atoms with van der Waals surface area (Å²) in [6.07, 6.45) is 0.754. The number of aromatic amines is 1. The molecule has 3 heterocycles. The molecule has 0 unspecified atom stereocenters. The summed E-state index contributed by atoms with van der Waals surface area (Å²) in [4.78, 5) is 17.4. The van der Waals surface area contributed by atoms with Crippen LogP contribution in [0.25, 0.3) is 10.2 Å². The largest absolute Gasteiger partial charge is 0.323 e. The lowest BCUT2D eigenvalue weighted by molar-refractivity contribution is 0.657. The molecule has 19 heavy (non-hydrogen) atoms. The molecule has 0 radical (unpaired) electrons. The summed E-state index contributed by atoms with van der Waals surface area (Å²) in [5.41, 5.74) is -0.0253. The molecular formula is C12H9ClN2OS3. The Hall–Kier alpha value is -0.950. The van der Waals surface area contributed by atoms with Crippen LogP contribution in [-0.2, 0) is 13.0 Å². The smallest absolute Gasteiger partial charge is 0.263 e. The first-order chi connectivity index (χ1) is 9.15. The topological polar surface area (TPSA) is 37.8 Å². The number of aryl methyl sites for hydroxylation is 1. The summed E-state index contributed by atoms with van der Waals surface area (Å²) in [5.74, 6) is 0. The van der Waals surface area contributed by atoms with Gasteiger partial charge in [-0.3, -0.25) is 9.36 Å². The number of hydrogen-bond acceptors (Lipinski definition) is 4. The summed E-state index contributed by atoms with van der Waals surface area (Å²) in [7, 11) is 0. The standard InChI is InChI=1S/C12H9ClN2OS3/c13-9-2-1-7(19-9)3-5-15-11(16)8-4-6-18-10(8)14-12(15)17/h1-2,4,6H,3,5H2,(H,14,17). The zero-order chi connectivity index (χ0) is 13.4. The molecule has 3 aromatic rings. The van der Waals surface area contributed by atoms with Crippen molar-refractivity contribution in [2.24, 2.45) is 0 Å². The van der Waals surface area contributed by atoms with Gasteiger partial charge in [-0.1, -0.05) is 11.6 Å². The van der Waals surface area contributed by atoms with Crippen LogP contribution in [0.2, 0.25) is 4.34 Å². The van der Waals surface area contributed by atoms with Crippen LogP contribution in [0.1, 0.15) is 4.88 Å². The van der Waals surface area contributed by atoms with Gasteiger partial charge in [0.1, 0.15) is 4.83 Å². The molecule has 0 spiro atoms. The zero-order valence-electron chi connectivity index (χ0n) is 9.68. The molecule has 98 valence electrons. The fourth-order valence-corrected chi connectivity index (χ4v) is 4.08. The van der Waals surface area contributed by atoms with Gasteiger partial charge in [-0.15, -0.1) is 22.7 Å². The molecule has 3 aromatic heterocycles. The second kappa shape index (κ2) is 5.20. The van der Waals surface area contributed by atoms with E-state index in [2.05, 4.69) is 4.98 Å². The first kappa shape index (κ1) is 13.1. The van der Waals surface area contributed by atoms with Crippen molar-refractivity contribution in [3.05, 3.63) is 47.9 Å². The monoisotopic (exact) mass is 328 g/mol. The van der Waals surface area contributed by atoms with Gasteiger partial charge in [-0.2, -0.15) is 0 Å². The van der Waals surface area contributed by atoms with E-state index in [9.17, 15) is 4.79 Å². The fourth-order valence-electron chi connectivity index (χ4n) is 1.89. The molecule has 0 amide bonds. The van der Waals surface area contributed by atoms with Crippen LogP contribution in [0.3, 0.4) is 0 Å². The molecule has 1 N–H and O–H groups in total. The molecule has 3 nitrogen and oxygen atoms in total. The van der Waals surface area contributed by atoms with Gasteiger partial charge in [0.15, 0.2) is 4.77 Å². The number of H-pyrrole nitrogens is 1. The molecule has 7 heteroatoms. The molecule has 0 aliphatic heterocycles. The van der Waals surface area contributed by atoms with E-state index < -0.39 is 0 Å². The summed E-state index contributed by atoms with van der Waals surface area (Å²) < 4.78 is 2.85. The molecule has 0 aromatic carbocycles. The minimum Gasteiger partial charge on any atom is -0.323 e. The van der Waals surface area contributed by atoms with Gasteiger partial charge in [-0.25, -0.2) is 0 Å². The molecule has 0 aliphatic carbocycles. The van der Waals surface area contributed by atoms with Gasteiger partial charge in [-0.05, 0) is 42.2 Å². The van der Waals surface area contributed by atoms with Crippen molar-refractivity contribution >= 4 is 56.7 Å². The summed E-state index contributed by atoms with van der Waals surface area (Å²) in [6.45, 7) is 0.566. The van der Waals surface area contributed by atoms with E-state index in [1.54, 1.807) is 4.57 Å². The van der Waals surface area contributed by atoms with Crippen molar-refractivity contribution in [1.82, 2.24) is 9.55 Å². The Kier molecular flexibility index (Phi) is 3.58. The first-order valence-corrected chi connectivity index (χ1v) is 8.08. The molecule has 0 saturated carbocycles.